The molecule has 1 aliphatic carbocycles. The van der Waals surface area contributed by atoms with E-state index in [1.807, 2.05) is 24.3 Å². The van der Waals surface area contributed by atoms with Crippen LogP contribution in [0.15, 0.2) is 36.5 Å². The number of aromatic nitrogens is 1. The van der Waals surface area contributed by atoms with Crippen molar-refractivity contribution in [3.63, 3.8) is 0 Å². The summed E-state index contributed by atoms with van der Waals surface area (Å²) in [5.74, 6) is 0.501. The molecule has 2 aromatic rings. The maximum atomic E-state index is 12.1. The van der Waals surface area contributed by atoms with E-state index in [-0.39, 0.29) is 12.1 Å². The Bertz CT molecular complexity index is 718. The normalized spacial score (nSPS) is 26.2. The minimum absolute atomic E-state index is 0.0923. The van der Waals surface area contributed by atoms with E-state index in [2.05, 4.69) is 21.7 Å². The molecule has 5 nitrogen and oxygen atoms in total. The molecule has 0 bridgehead atoms. The fraction of sp³-hybridized carbons (Fsp3) is 0.444. The standard InChI is InChI=1S/C18H21N3O2/c22-18(21-16-10-17-14(16)4-2-8-23-17)20-11-12-5-6-15-13(9-12)3-1-7-19-15/h1,3,5-7,9,14,16-17H,2,4,8,10-11H2,(H2,20,21,22)/t14-,16+,17+/m0/s1. The molecule has 2 N–H and O–H groups in total. The molecular weight excluding hydrogens is 290 g/mol. The topological polar surface area (TPSA) is 63.2 Å². The third kappa shape index (κ3) is 3.01. The third-order valence-electron chi connectivity index (χ3n) is 4.93. The fourth-order valence-corrected chi connectivity index (χ4v) is 3.60. The number of amides is 2. The van der Waals surface area contributed by atoms with Gasteiger partial charge in [-0.3, -0.25) is 4.98 Å². The molecular formula is C18H21N3O2. The first kappa shape index (κ1) is 14.5. The van der Waals surface area contributed by atoms with Crippen LogP contribution >= 0.6 is 0 Å². The summed E-state index contributed by atoms with van der Waals surface area (Å²) >= 11 is 0. The molecule has 4 rings (SSSR count). The fourth-order valence-electron chi connectivity index (χ4n) is 3.60. The van der Waals surface area contributed by atoms with Crippen LogP contribution in [0.4, 0.5) is 4.79 Å². The number of benzene rings is 1. The molecule has 5 heteroatoms. The van der Waals surface area contributed by atoms with E-state index < -0.39 is 0 Å². The first-order valence-electron chi connectivity index (χ1n) is 8.29. The van der Waals surface area contributed by atoms with Crippen molar-refractivity contribution >= 4 is 16.9 Å². The second kappa shape index (κ2) is 6.16. The Balaban J connectivity index is 1.30. The van der Waals surface area contributed by atoms with Gasteiger partial charge in [0.05, 0.1) is 11.6 Å². The van der Waals surface area contributed by atoms with Crippen LogP contribution in [0.25, 0.3) is 10.9 Å². The van der Waals surface area contributed by atoms with E-state index >= 15 is 0 Å². The van der Waals surface area contributed by atoms with Gasteiger partial charge in [-0.25, -0.2) is 4.79 Å². The minimum atomic E-state index is -0.0923. The summed E-state index contributed by atoms with van der Waals surface area (Å²) in [6, 6.07) is 10.2. The number of carbonyl (C=O) groups is 1. The molecule has 3 atom stereocenters. The van der Waals surface area contributed by atoms with Gasteiger partial charge in [0.2, 0.25) is 0 Å². The Morgan fingerprint density at radius 3 is 3.22 bits per heavy atom. The Hall–Kier alpha value is -2.14. The average molecular weight is 311 g/mol. The van der Waals surface area contributed by atoms with Crippen molar-refractivity contribution in [2.45, 2.75) is 38.0 Å². The molecule has 0 spiro atoms. The van der Waals surface area contributed by atoms with Crippen LogP contribution in [0.3, 0.4) is 0 Å². The molecule has 1 saturated carbocycles. The van der Waals surface area contributed by atoms with Gasteiger partial charge in [0.1, 0.15) is 0 Å². The maximum absolute atomic E-state index is 12.1. The molecule has 1 aromatic heterocycles. The number of carbonyl (C=O) groups excluding carboxylic acids is 1. The summed E-state index contributed by atoms with van der Waals surface area (Å²) in [6.45, 7) is 1.39. The highest BCUT2D eigenvalue weighted by Crippen LogP contribution is 2.37. The largest absolute Gasteiger partial charge is 0.378 e. The van der Waals surface area contributed by atoms with Crippen LogP contribution in [-0.2, 0) is 11.3 Å². The molecule has 1 saturated heterocycles. The van der Waals surface area contributed by atoms with Crippen LogP contribution in [0.1, 0.15) is 24.8 Å². The number of hydrogen-bond acceptors (Lipinski definition) is 3. The van der Waals surface area contributed by atoms with Crippen molar-refractivity contribution in [1.29, 1.82) is 0 Å². The molecule has 120 valence electrons. The van der Waals surface area contributed by atoms with E-state index in [1.165, 1.54) is 0 Å². The molecule has 2 heterocycles. The lowest BCUT2D eigenvalue weighted by Gasteiger charge is -2.47. The zero-order valence-electron chi connectivity index (χ0n) is 13.0. The van der Waals surface area contributed by atoms with Gasteiger partial charge in [-0.15, -0.1) is 0 Å². The molecule has 1 aromatic carbocycles. The monoisotopic (exact) mass is 311 g/mol. The van der Waals surface area contributed by atoms with Crippen LogP contribution < -0.4 is 10.6 Å². The number of hydrogen-bond donors (Lipinski definition) is 2. The van der Waals surface area contributed by atoms with Crippen molar-refractivity contribution in [2.75, 3.05) is 6.61 Å². The maximum Gasteiger partial charge on any atom is 0.315 e. The number of ether oxygens (including phenoxy) is 1. The van der Waals surface area contributed by atoms with E-state index in [9.17, 15) is 4.79 Å². The van der Waals surface area contributed by atoms with Crippen molar-refractivity contribution in [2.24, 2.45) is 5.92 Å². The van der Waals surface area contributed by atoms with Gasteiger partial charge in [-0.2, -0.15) is 0 Å². The number of fused-ring (bicyclic) bond motifs is 2. The molecule has 23 heavy (non-hydrogen) atoms. The highest BCUT2D eigenvalue weighted by Gasteiger charge is 2.43. The Morgan fingerprint density at radius 1 is 1.35 bits per heavy atom. The van der Waals surface area contributed by atoms with E-state index in [1.54, 1.807) is 6.20 Å². The number of pyridine rings is 1. The lowest BCUT2D eigenvalue weighted by molar-refractivity contribution is -0.0999. The van der Waals surface area contributed by atoms with Gasteiger partial charge in [0.15, 0.2) is 0 Å². The van der Waals surface area contributed by atoms with E-state index in [0.29, 0.717) is 18.6 Å². The van der Waals surface area contributed by atoms with Crippen LogP contribution in [0, 0.1) is 5.92 Å². The zero-order valence-corrected chi connectivity index (χ0v) is 13.0. The highest BCUT2D eigenvalue weighted by atomic mass is 16.5. The van der Waals surface area contributed by atoms with Gasteiger partial charge >= 0.3 is 6.03 Å². The van der Waals surface area contributed by atoms with Gasteiger partial charge in [-0.1, -0.05) is 12.1 Å². The predicted octanol–water partition coefficient (Wildman–Crippen LogP) is 2.60. The lowest BCUT2D eigenvalue weighted by Crippen LogP contribution is -2.59. The van der Waals surface area contributed by atoms with Gasteiger partial charge in [0, 0.05) is 36.7 Å². The molecule has 2 amide bonds. The quantitative estimate of drug-likeness (QED) is 0.916. The van der Waals surface area contributed by atoms with Gasteiger partial charge in [-0.05, 0) is 43.0 Å². The Labute approximate surface area is 135 Å². The second-order valence-electron chi connectivity index (χ2n) is 6.41. The van der Waals surface area contributed by atoms with Crippen LogP contribution in [0.5, 0.6) is 0 Å². The van der Waals surface area contributed by atoms with Crippen molar-refractivity contribution in [3.8, 4) is 0 Å². The Kier molecular flexibility index (Phi) is 3.87. The molecule has 2 fully saturated rings. The molecule has 2 aliphatic rings. The molecule has 0 radical (unpaired) electrons. The number of rotatable bonds is 3. The summed E-state index contributed by atoms with van der Waals surface area (Å²) < 4.78 is 5.68. The average Bonchev–Trinajstić information content (AvgIpc) is 2.58. The summed E-state index contributed by atoms with van der Waals surface area (Å²) in [6.07, 6.45) is 5.36. The molecule has 0 unspecified atom stereocenters. The first-order valence-corrected chi connectivity index (χ1v) is 8.29. The number of nitrogens with zero attached hydrogens (tertiary/aromatic N) is 1. The number of nitrogens with one attached hydrogen (secondary N) is 2. The summed E-state index contributed by atoms with van der Waals surface area (Å²) in [4.78, 5) is 16.4. The Morgan fingerprint density at radius 2 is 2.30 bits per heavy atom. The van der Waals surface area contributed by atoms with Crippen molar-refractivity contribution < 1.29 is 9.53 Å². The smallest absolute Gasteiger partial charge is 0.315 e. The van der Waals surface area contributed by atoms with Crippen molar-refractivity contribution in [3.05, 3.63) is 42.1 Å². The lowest BCUT2D eigenvalue weighted by atomic mass is 9.72. The zero-order chi connectivity index (χ0) is 15.6. The third-order valence-corrected chi connectivity index (χ3v) is 4.93. The minimum Gasteiger partial charge on any atom is -0.378 e. The van der Waals surface area contributed by atoms with E-state index in [0.717, 1.165) is 42.3 Å². The predicted molar refractivity (Wildman–Crippen MR) is 88.0 cm³/mol. The number of urea groups is 1. The van der Waals surface area contributed by atoms with Gasteiger partial charge in [0.25, 0.3) is 0 Å². The summed E-state index contributed by atoms with van der Waals surface area (Å²) in [7, 11) is 0. The molecule has 1 aliphatic heterocycles. The van der Waals surface area contributed by atoms with Crippen LogP contribution in [0.2, 0.25) is 0 Å². The highest BCUT2D eigenvalue weighted by molar-refractivity contribution is 5.79. The second-order valence-corrected chi connectivity index (χ2v) is 6.41. The van der Waals surface area contributed by atoms with E-state index in [4.69, 9.17) is 4.74 Å². The SMILES string of the molecule is O=C(NCc1ccc2ncccc2c1)N[C@@H]1C[C@H]2OCCC[C@@H]12. The van der Waals surface area contributed by atoms with Gasteiger partial charge < -0.3 is 15.4 Å². The summed E-state index contributed by atoms with van der Waals surface area (Å²) in [5.41, 5.74) is 2.05. The first-order chi connectivity index (χ1) is 11.3. The summed E-state index contributed by atoms with van der Waals surface area (Å²) in [5, 5.41) is 7.12. The van der Waals surface area contributed by atoms with Crippen molar-refractivity contribution in [1.82, 2.24) is 15.6 Å². The van der Waals surface area contributed by atoms with Crippen LogP contribution in [-0.4, -0.2) is 29.8 Å².